The van der Waals surface area contributed by atoms with E-state index in [4.69, 9.17) is 14.9 Å². The van der Waals surface area contributed by atoms with Gasteiger partial charge in [-0.1, -0.05) is 12.1 Å². The minimum Gasteiger partial charge on any atom is -0.478 e. The van der Waals surface area contributed by atoms with E-state index in [0.717, 1.165) is 0 Å². The Balaban J connectivity index is 2.59. The number of ether oxygens (including phenoxy) is 1. The number of rotatable bonds is 6. The number of carbonyl (C=O) groups is 2. The van der Waals surface area contributed by atoms with Crippen LogP contribution in [0.5, 0.6) is 0 Å². The molecule has 0 aliphatic carbocycles. The summed E-state index contributed by atoms with van der Waals surface area (Å²) >= 11 is 0. The van der Waals surface area contributed by atoms with Gasteiger partial charge in [0.25, 0.3) is 0 Å². The second kappa shape index (κ2) is 6.76. The standard InChI is InChI=1S/C13H16O5/c1-9(14)5-4-8-18-13(17)11-7-3-2-6-10(11)12(15)16/h2-3,6-7,9,14H,4-5,8H2,1H3,(H,15,16)/t9-/m1/s1. The van der Waals surface area contributed by atoms with Crippen LogP contribution in [0.25, 0.3) is 0 Å². The highest BCUT2D eigenvalue weighted by molar-refractivity contribution is 6.02. The zero-order valence-corrected chi connectivity index (χ0v) is 10.1. The fourth-order valence-electron chi connectivity index (χ4n) is 1.47. The SMILES string of the molecule is C[C@@H](O)CCCOC(=O)c1ccccc1C(=O)O. The number of hydrogen-bond donors (Lipinski definition) is 2. The Bertz CT molecular complexity index is 425. The van der Waals surface area contributed by atoms with Crippen molar-refractivity contribution in [3.8, 4) is 0 Å². The van der Waals surface area contributed by atoms with E-state index >= 15 is 0 Å². The van der Waals surface area contributed by atoms with Gasteiger partial charge in [0.2, 0.25) is 0 Å². The molecular weight excluding hydrogens is 236 g/mol. The molecule has 98 valence electrons. The van der Waals surface area contributed by atoms with Gasteiger partial charge in [0.15, 0.2) is 0 Å². The van der Waals surface area contributed by atoms with E-state index in [1.165, 1.54) is 12.1 Å². The molecule has 1 aromatic rings. The summed E-state index contributed by atoms with van der Waals surface area (Å²) < 4.78 is 4.96. The number of esters is 1. The Morgan fingerprint density at radius 3 is 2.44 bits per heavy atom. The number of carboxylic acids is 1. The first kappa shape index (κ1) is 14.2. The van der Waals surface area contributed by atoms with Gasteiger partial charge >= 0.3 is 11.9 Å². The van der Waals surface area contributed by atoms with Gasteiger partial charge in [-0.15, -0.1) is 0 Å². The zero-order chi connectivity index (χ0) is 13.5. The van der Waals surface area contributed by atoms with Crippen molar-refractivity contribution in [1.82, 2.24) is 0 Å². The van der Waals surface area contributed by atoms with Crippen molar-refractivity contribution in [3.05, 3.63) is 35.4 Å². The molecule has 0 aliphatic heterocycles. The first-order chi connectivity index (χ1) is 8.52. The topological polar surface area (TPSA) is 83.8 Å². The van der Waals surface area contributed by atoms with Crippen LogP contribution in [-0.4, -0.2) is 34.9 Å². The maximum Gasteiger partial charge on any atom is 0.339 e. The summed E-state index contributed by atoms with van der Waals surface area (Å²) in [7, 11) is 0. The summed E-state index contributed by atoms with van der Waals surface area (Å²) in [4.78, 5) is 22.6. The molecule has 0 spiro atoms. The van der Waals surface area contributed by atoms with Crippen molar-refractivity contribution in [2.75, 3.05) is 6.61 Å². The monoisotopic (exact) mass is 252 g/mol. The highest BCUT2D eigenvalue weighted by atomic mass is 16.5. The lowest BCUT2D eigenvalue weighted by Crippen LogP contribution is -2.13. The van der Waals surface area contributed by atoms with E-state index in [0.29, 0.717) is 12.8 Å². The molecule has 0 fully saturated rings. The number of aliphatic hydroxyl groups excluding tert-OH is 1. The molecule has 0 unspecified atom stereocenters. The average molecular weight is 252 g/mol. The van der Waals surface area contributed by atoms with Crippen molar-refractivity contribution in [2.45, 2.75) is 25.9 Å². The molecule has 5 heteroatoms. The maximum atomic E-state index is 11.7. The highest BCUT2D eigenvalue weighted by Gasteiger charge is 2.16. The fourth-order valence-corrected chi connectivity index (χ4v) is 1.47. The first-order valence-corrected chi connectivity index (χ1v) is 5.70. The number of aromatic carboxylic acids is 1. The number of carbonyl (C=O) groups excluding carboxylic acids is 1. The predicted molar refractivity (Wildman–Crippen MR) is 64.6 cm³/mol. The third-order valence-electron chi connectivity index (χ3n) is 2.38. The predicted octanol–water partition coefficient (Wildman–Crippen LogP) is 1.70. The Morgan fingerprint density at radius 2 is 1.89 bits per heavy atom. The Kier molecular flexibility index (Phi) is 5.32. The second-order valence-electron chi connectivity index (χ2n) is 3.98. The zero-order valence-electron chi connectivity index (χ0n) is 10.1. The van der Waals surface area contributed by atoms with Crippen LogP contribution in [0.3, 0.4) is 0 Å². The quantitative estimate of drug-likeness (QED) is 0.594. The molecule has 0 aromatic heterocycles. The Hall–Kier alpha value is -1.88. The third-order valence-corrected chi connectivity index (χ3v) is 2.38. The van der Waals surface area contributed by atoms with Gasteiger partial charge in [0.05, 0.1) is 23.8 Å². The summed E-state index contributed by atoms with van der Waals surface area (Å²) in [6.07, 6.45) is 0.641. The van der Waals surface area contributed by atoms with Crippen LogP contribution < -0.4 is 0 Å². The van der Waals surface area contributed by atoms with Crippen molar-refractivity contribution in [3.63, 3.8) is 0 Å². The van der Waals surface area contributed by atoms with Gasteiger partial charge in [-0.25, -0.2) is 9.59 Å². The van der Waals surface area contributed by atoms with Crippen molar-refractivity contribution in [1.29, 1.82) is 0 Å². The minimum absolute atomic E-state index is 0.0436. The molecule has 1 aromatic carbocycles. The van der Waals surface area contributed by atoms with E-state index in [-0.39, 0.29) is 17.7 Å². The molecule has 5 nitrogen and oxygen atoms in total. The summed E-state index contributed by atoms with van der Waals surface area (Å²) in [5.74, 6) is -1.81. The van der Waals surface area contributed by atoms with Crippen LogP contribution in [0, 0.1) is 0 Å². The average Bonchev–Trinajstić information content (AvgIpc) is 2.34. The number of carboxylic acid groups (broad SMARTS) is 1. The molecule has 1 rings (SSSR count). The lowest BCUT2D eigenvalue weighted by atomic mass is 10.1. The number of hydrogen-bond acceptors (Lipinski definition) is 4. The third kappa shape index (κ3) is 4.18. The molecule has 0 heterocycles. The van der Waals surface area contributed by atoms with Crippen LogP contribution in [0.1, 0.15) is 40.5 Å². The lowest BCUT2D eigenvalue weighted by Gasteiger charge is -2.07. The summed E-state index contributed by atoms with van der Waals surface area (Å²) in [6, 6.07) is 5.90. The van der Waals surface area contributed by atoms with Crippen LogP contribution in [0.15, 0.2) is 24.3 Å². The van der Waals surface area contributed by atoms with E-state index < -0.39 is 18.0 Å². The fraction of sp³-hybridized carbons (Fsp3) is 0.385. The van der Waals surface area contributed by atoms with E-state index in [2.05, 4.69) is 0 Å². The summed E-state index contributed by atoms with van der Waals surface area (Å²) in [5.41, 5.74) is -0.0277. The molecule has 0 saturated carbocycles. The largest absolute Gasteiger partial charge is 0.478 e. The van der Waals surface area contributed by atoms with Crippen molar-refractivity contribution >= 4 is 11.9 Å². The lowest BCUT2D eigenvalue weighted by molar-refractivity contribution is 0.0472. The van der Waals surface area contributed by atoms with Crippen LogP contribution >= 0.6 is 0 Å². The van der Waals surface area contributed by atoms with Crippen LogP contribution in [0.2, 0.25) is 0 Å². The van der Waals surface area contributed by atoms with Gasteiger partial charge < -0.3 is 14.9 Å². The Labute approximate surface area is 105 Å². The van der Waals surface area contributed by atoms with Crippen LogP contribution in [0.4, 0.5) is 0 Å². The maximum absolute atomic E-state index is 11.7. The number of benzene rings is 1. The van der Waals surface area contributed by atoms with Crippen LogP contribution in [-0.2, 0) is 4.74 Å². The van der Waals surface area contributed by atoms with E-state index in [9.17, 15) is 9.59 Å². The second-order valence-corrected chi connectivity index (χ2v) is 3.98. The molecular formula is C13H16O5. The smallest absolute Gasteiger partial charge is 0.339 e. The molecule has 0 amide bonds. The minimum atomic E-state index is -1.16. The van der Waals surface area contributed by atoms with Gasteiger partial charge in [0.1, 0.15) is 0 Å². The highest BCUT2D eigenvalue weighted by Crippen LogP contribution is 2.10. The number of aliphatic hydroxyl groups is 1. The van der Waals surface area contributed by atoms with Gasteiger partial charge in [-0.2, -0.15) is 0 Å². The molecule has 0 aliphatic rings. The van der Waals surface area contributed by atoms with E-state index in [1.807, 2.05) is 0 Å². The molecule has 0 saturated heterocycles. The molecule has 1 atom stereocenters. The van der Waals surface area contributed by atoms with Crippen molar-refractivity contribution in [2.24, 2.45) is 0 Å². The Morgan fingerprint density at radius 1 is 1.28 bits per heavy atom. The first-order valence-electron chi connectivity index (χ1n) is 5.70. The van der Waals surface area contributed by atoms with Crippen molar-refractivity contribution < 1.29 is 24.5 Å². The summed E-state index contributed by atoms with van der Waals surface area (Å²) in [6.45, 7) is 1.82. The summed E-state index contributed by atoms with van der Waals surface area (Å²) in [5, 5.41) is 18.0. The van der Waals surface area contributed by atoms with E-state index in [1.54, 1.807) is 19.1 Å². The molecule has 2 N–H and O–H groups in total. The van der Waals surface area contributed by atoms with Gasteiger partial charge in [-0.05, 0) is 31.9 Å². The van der Waals surface area contributed by atoms with Gasteiger partial charge in [0, 0.05) is 0 Å². The normalized spacial score (nSPS) is 11.9. The molecule has 18 heavy (non-hydrogen) atoms. The molecule has 0 bridgehead atoms. The van der Waals surface area contributed by atoms with Gasteiger partial charge in [-0.3, -0.25) is 0 Å². The molecule has 0 radical (unpaired) electrons.